The molecule has 3 aromatic carbocycles. The van der Waals surface area contributed by atoms with Crippen molar-refractivity contribution in [2.24, 2.45) is 0 Å². The third-order valence-electron chi connectivity index (χ3n) is 4.69. The van der Waals surface area contributed by atoms with Crippen molar-refractivity contribution in [3.05, 3.63) is 77.3 Å². The molecule has 0 unspecified atom stereocenters. The van der Waals surface area contributed by atoms with E-state index in [-0.39, 0.29) is 4.90 Å². The molecule has 0 aliphatic carbocycles. The Kier molecular flexibility index (Phi) is 7.71. The van der Waals surface area contributed by atoms with Crippen molar-refractivity contribution >= 4 is 50.7 Å². The number of halogens is 1. The minimum atomic E-state index is -4.00. The van der Waals surface area contributed by atoms with E-state index in [1.807, 2.05) is 13.2 Å². The average Bonchev–Trinajstić information content (AvgIpc) is 2.78. The van der Waals surface area contributed by atoms with Gasteiger partial charge in [-0.3, -0.25) is 9.10 Å². The van der Waals surface area contributed by atoms with E-state index in [2.05, 4.69) is 5.32 Å². The highest BCUT2D eigenvalue weighted by molar-refractivity contribution is 7.98. The highest BCUT2D eigenvalue weighted by Gasteiger charge is 2.27. The van der Waals surface area contributed by atoms with Gasteiger partial charge in [-0.1, -0.05) is 29.3 Å². The Balaban J connectivity index is 1.95. The summed E-state index contributed by atoms with van der Waals surface area (Å²) in [5.41, 5.74) is 1.72. The molecular formula is C23H23ClN2O4S2. The van der Waals surface area contributed by atoms with Crippen LogP contribution < -0.4 is 14.4 Å². The van der Waals surface area contributed by atoms with Crippen molar-refractivity contribution in [1.29, 1.82) is 0 Å². The van der Waals surface area contributed by atoms with Crippen LogP contribution in [0.3, 0.4) is 0 Å². The summed E-state index contributed by atoms with van der Waals surface area (Å²) in [5.74, 6) is -0.115. The van der Waals surface area contributed by atoms with Crippen LogP contribution in [-0.2, 0) is 14.8 Å². The highest BCUT2D eigenvalue weighted by atomic mass is 35.5. The molecule has 0 heterocycles. The number of sulfonamides is 1. The average molecular weight is 491 g/mol. The van der Waals surface area contributed by atoms with Crippen LogP contribution in [0.5, 0.6) is 5.75 Å². The molecule has 32 heavy (non-hydrogen) atoms. The van der Waals surface area contributed by atoms with Gasteiger partial charge in [0.1, 0.15) is 12.3 Å². The zero-order chi connectivity index (χ0) is 23.3. The zero-order valence-corrected chi connectivity index (χ0v) is 20.2. The minimum absolute atomic E-state index is 0.101. The molecule has 0 aromatic heterocycles. The van der Waals surface area contributed by atoms with Crippen molar-refractivity contribution in [2.45, 2.75) is 16.7 Å². The van der Waals surface area contributed by atoms with Gasteiger partial charge in [0.2, 0.25) is 5.91 Å². The summed E-state index contributed by atoms with van der Waals surface area (Å²) in [6.07, 6.45) is 1.91. The maximum atomic E-state index is 13.5. The fourth-order valence-electron chi connectivity index (χ4n) is 3.00. The number of hydrogen-bond donors (Lipinski definition) is 1. The van der Waals surface area contributed by atoms with Gasteiger partial charge in [-0.05, 0) is 67.8 Å². The molecule has 0 atom stereocenters. The SMILES string of the molecule is COc1ccc(Cl)cc1NC(=O)CN(c1ccc(C)cc1)S(=O)(=O)c1ccc(SC)cc1. The predicted molar refractivity (Wildman–Crippen MR) is 131 cm³/mol. The fraction of sp³-hybridized carbons (Fsp3) is 0.174. The molecular weight excluding hydrogens is 468 g/mol. The van der Waals surface area contributed by atoms with Gasteiger partial charge < -0.3 is 10.1 Å². The second-order valence-corrected chi connectivity index (χ2v) is 10.1. The van der Waals surface area contributed by atoms with E-state index in [4.69, 9.17) is 16.3 Å². The second kappa shape index (κ2) is 10.3. The van der Waals surface area contributed by atoms with Crippen molar-refractivity contribution in [2.75, 3.05) is 29.5 Å². The topological polar surface area (TPSA) is 75.7 Å². The van der Waals surface area contributed by atoms with Gasteiger partial charge in [0.05, 0.1) is 23.4 Å². The third kappa shape index (κ3) is 5.56. The Labute approximate surface area is 197 Å². The minimum Gasteiger partial charge on any atom is -0.495 e. The van der Waals surface area contributed by atoms with Crippen LogP contribution in [0.25, 0.3) is 0 Å². The molecule has 0 aliphatic rings. The number of carbonyl (C=O) groups is 1. The van der Waals surface area contributed by atoms with E-state index in [1.165, 1.54) is 18.9 Å². The number of ether oxygens (including phenoxy) is 1. The van der Waals surface area contributed by atoms with E-state index in [0.29, 0.717) is 22.1 Å². The fourth-order valence-corrected chi connectivity index (χ4v) is 5.00. The van der Waals surface area contributed by atoms with Crippen LogP contribution in [0.15, 0.2) is 76.5 Å². The monoisotopic (exact) mass is 490 g/mol. The molecule has 168 valence electrons. The number of hydrogen-bond acceptors (Lipinski definition) is 5. The van der Waals surface area contributed by atoms with Crippen LogP contribution in [-0.4, -0.2) is 34.2 Å². The smallest absolute Gasteiger partial charge is 0.264 e. The molecule has 0 saturated heterocycles. The Morgan fingerprint density at radius 1 is 1.06 bits per heavy atom. The Hall–Kier alpha value is -2.68. The number of amides is 1. The van der Waals surface area contributed by atoms with E-state index in [9.17, 15) is 13.2 Å². The Morgan fingerprint density at radius 2 is 1.72 bits per heavy atom. The summed E-state index contributed by atoms with van der Waals surface area (Å²) in [7, 11) is -2.52. The first kappa shape index (κ1) is 24.0. The molecule has 0 fully saturated rings. The molecule has 0 aliphatic heterocycles. The van der Waals surface area contributed by atoms with Crippen molar-refractivity contribution < 1.29 is 17.9 Å². The summed E-state index contributed by atoms with van der Waals surface area (Å²) in [6, 6.07) is 18.3. The number of nitrogens with zero attached hydrogens (tertiary/aromatic N) is 1. The normalized spacial score (nSPS) is 11.1. The van der Waals surface area contributed by atoms with Crippen molar-refractivity contribution in [1.82, 2.24) is 0 Å². The van der Waals surface area contributed by atoms with Gasteiger partial charge in [-0.15, -0.1) is 11.8 Å². The first-order valence-corrected chi connectivity index (χ1v) is 12.7. The molecule has 0 saturated carbocycles. The number of benzene rings is 3. The van der Waals surface area contributed by atoms with Gasteiger partial charge >= 0.3 is 0 Å². The molecule has 9 heteroatoms. The molecule has 0 bridgehead atoms. The standard InChI is InChI=1S/C23H23ClN2O4S2/c1-16-4-7-18(8-5-16)26(32(28,29)20-11-9-19(31-3)10-12-20)15-23(27)25-21-14-17(24)6-13-22(21)30-2/h4-14H,15H2,1-3H3,(H,25,27). The van der Waals surface area contributed by atoms with Crippen molar-refractivity contribution in [3.63, 3.8) is 0 Å². The van der Waals surface area contributed by atoms with Gasteiger partial charge in [0.25, 0.3) is 10.0 Å². The zero-order valence-electron chi connectivity index (χ0n) is 17.8. The number of anilines is 2. The Bertz CT molecular complexity index is 1200. The molecule has 3 aromatic rings. The van der Waals surface area contributed by atoms with E-state index < -0.39 is 22.5 Å². The molecule has 6 nitrogen and oxygen atoms in total. The molecule has 0 radical (unpaired) electrons. The maximum Gasteiger partial charge on any atom is 0.264 e. The van der Waals surface area contributed by atoms with E-state index in [1.54, 1.807) is 66.7 Å². The van der Waals surface area contributed by atoms with Crippen LogP contribution >= 0.6 is 23.4 Å². The molecule has 3 rings (SSSR count). The van der Waals surface area contributed by atoms with E-state index >= 15 is 0 Å². The number of methoxy groups -OCH3 is 1. The summed E-state index contributed by atoms with van der Waals surface area (Å²) in [6.45, 7) is 1.48. The number of aryl methyl sites for hydroxylation is 1. The second-order valence-electron chi connectivity index (χ2n) is 6.92. The Morgan fingerprint density at radius 3 is 2.31 bits per heavy atom. The first-order chi connectivity index (χ1) is 15.2. The predicted octanol–water partition coefficient (Wildman–Crippen LogP) is 5.21. The highest BCUT2D eigenvalue weighted by Crippen LogP contribution is 2.29. The largest absolute Gasteiger partial charge is 0.495 e. The van der Waals surface area contributed by atoms with Gasteiger partial charge in [-0.25, -0.2) is 8.42 Å². The lowest BCUT2D eigenvalue weighted by atomic mass is 10.2. The van der Waals surface area contributed by atoms with Crippen molar-refractivity contribution in [3.8, 4) is 5.75 Å². The summed E-state index contributed by atoms with van der Waals surface area (Å²) >= 11 is 7.55. The van der Waals surface area contributed by atoms with Crippen LogP contribution in [0, 0.1) is 6.92 Å². The van der Waals surface area contributed by atoms with Gasteiger partial charge in [-0.2, -0.15) is 0 Å². The number of nitrogens with one attached hydrogen (secondary N) is 1. The van der Waals surface area contributed by atoms with Gasteiger partial charge in [0.15, 0.2) is 0 Å². The van der Waals surface area contributed by atoms with E-state index in [0.717, 1.165) is 14.8 Å². The maximum absolute atomic E-state index is 13.5. The quantitative estimate of drug-likeness (QED) is 0.438. The van der Waals surface area contributed by atoms with Gasteiger partial charge in [0, 0.05) is 9.92 Å². The van der Waals surface area contributed by atoms with Crippen LogP contribution in [0.1, 0.15) is 5.56 Å². The molecule has 1 amide bonds. The molecule has 1 N–H and O–H groups in total. The third-order valence-corrected chi connectivity index (χ3v) is 7.46. The summed E-state index contributed by atoms with van der Waals surface area (Å²) in [5, 5.41) is 3.11. The molecule has 0 spiro atoms. The number of thioether (sulfide) groups is 1. The number of rotatable bonds is 8. The summed E-state index contributed by atoms with van der Waals surface area (Å²) < 4.78 is 33.3. The summed E-state index contributed by atoms with van der Waals surface area (Å²) in [4.78, 5) is 13.9. The lowest BCUT2D eigenvalue weighted by Crippen LogP contribution is -2.38. The van der Waals surface area contributed by atoms with Crippen LogP contribution in [0.4, 0.5) is 11.4 Å². The number of carbonyl (C=O) groups excluding carboxylic acids is 1. The lowest BCUT2D eigenvalue weighted by Gasteiger charge is -2.24. The van der Waals surface area contributed by atoms with Crippen LogP contribution in [0.2, 0.25) is 5.02 Å². The lowest BCUT2D eigenvalue weighted by molar-refractivity contribution is -0.114. The first-order valence-electron chi connectivity index (χ1n) is 9.61.